The van der Waals surface area contributed by atoms with E-state index in [1.54, 1.807) is 6.92 Å². The van der Waals surface area contributed by atoms with E-state index >= 15 is 0 Å². The fraction of sp³-hybridized carbons (Fsp3) is 0.889. The van der Waals surface area contributed by atoms with Crippen LogP contribution in [0.2, 0.25) is 0 Å². The van der Waals surface area contributed by atoms with Gasteiger partial charge >= 0.3 is 5.97 Å². The predicted octanol–water partition coefficient (Wildman–Crippen LogP) is 1.92. The number of aliphatic carboxylic acids is 1. The SMILES string of the molecule is CCCC(C)(NCCCN=[N+]=[N-])C(=O)O. The molecule has 1 unspecified atom stereocenters. The van der Waals surface area contributed by atoms with Crippen molar-refractivity contribution < 1.29 is 9.90 Å². The lowest BCUT2D eigenvalue weighted by atomic mass is 9.96. The van der Waals surface area contributed by atoms with E-state index in [1.165, 1.54) is 0 Å². The van der Waals surface area contributed by atoms with E-state index in [2.05, 4.69) is 15.3 Å². The van der Waals surface area contributed by atoms with Crippen molar-refractivity contribution in [3.63, 3.8) is 0 Å². The topological polar surface area (TPSA) is 98.1 Å². The van der Waals surface area contributed by atoms with Crippen LogP contribution < -0.4 is 5.32 Å². The van der Waals surface area contributed by atoms with Crippen molar-refractivity contribution in [1.29, 1.82) is 0 Å². The second kappa shape index (κ2) is 7.09. The average molecular weight is 214 g/mol. The molecule has 0 aromatic rings. The lowest BCUT2D eigenvalue weighted by Gasteiger charge is -2.25. The van der Waals surface area contributed by atoms with Crippen LogP contribution in [0.5, 0.6) is 0 Å². The molecule has 0 spiro atoms. The van der Waals surface area contributed by atoms with Gasteiger partial charge < -0.3 is 10.4 Å². The smallest absolute Gasteiger partial charge is 0.323 e. The second-order valence-electron chi connectivity index (χ2n) is 3.62. The van der Waals surface area contributed by atoms with E-state index in [1.807, 2.05) is 6.92 Å². The van der Waals surface area contributed by atoms with Gasteiger partial charge in [-0.1, -0.05) is 18.5 Å². The van der Waals surface area contributed by atoms with Crippen molar-refractivity contribution in [2.75, 3.05) is 13.1 Å². The van der Waals surface area contributed by atoms with Gasteiger partial charge in [-0.05, 0) is 31.8 Å². The van der Waals surface area contributed by atoms with Crippen LogP contribution in [0.15, 0.2) is 5.11 Å². The van der Waals surface area contributed by atoms with Gasteiger partial charge in [0, 0.05) is 11.5 Å². The first-order valence-corrected chi connectivity index (χ1v) is 5.06. The number of azide groups is 1. The van der Waals surface area contributed by atoms with Crippen LogP contribution >= 0.6 is 0 Å². The van der Waals surface area contributed by atoms with E-state index in [0.717, 1.165) is 6.42 Å². The number of carbonyl (C=O) groups is 1. The molecule has 0 radical (unpaired) electrons. The number of rotatable bonds is 8. The summed E-state index contributed by atoms with van der Waals surface area (Å²) in [6.07, 6.45) is 2.05. The Hall–Kier alpha value is -1.26. The predicted molar refractivity (Wildman–Crippen MR) is 57.6 cm³/mol. The molecule has 0 fully saturated rings. The Kier molecular flexibility index (Phi) is 6.49. The molecular weight excluding hydrogens is 196 g/mol. The van der Waals surface area contributed by atoms with Crippen molar-refractivity contribution >= 4 is 5.97 Å². The minimum Gasteiger partial charge on any atom is -0.480 e. The summed E-state index contributed by atoms with van der Waals surface area (Å²) in [5.74, 6) is -0.840. The minimum absolute atomic E-state index is 0.394. The van der Waals surface area contributed by atoms with E-state index in [0.29, 0.717) is 25.9 Å². The highest BCUT2D eigenvalue weighted by molar-refractivity contribution is 5.78. The van der Waals surface area contributed by atoms with Gasteiger partial charge in [-0.15, -0.1) is 0 Å². The van der Waals surface area contributed by atoms with Crippen molar-refractivity contribution in [3.05, 3.63) is 10.4 Å². The molecule has 0 saturated heterocycles. The van der Waals surface area contributed by atoms with E-state index in [-0.39, 0.29) is 0 Å². The molecule has 2 N–H and O–H groups in total. The highest BCUT2D eigenvalue weighted by atomic mass is 16.4. The molecule has 15 heavy (non-hydrogen) atoms. The number of hydrogen-bond donors (Lipinski definition) is 2. The van der Waals surface area contributed by atoms with Crippen LogP contribution in [0.25, 0.3) is 10.4 Å². The molecule has 86 valence electrons. The third-order valence-electron chi connectivity index (χ3n) is 2.24. The Balaban J connectivity index is 3.96. The van der Waals surface area contributed by atoms with Gasteiger partial charge in [0.15, 0.2) is 0 Å². The number of nitrogens with one attached hydrogen (secondary N) is 1. The van der Waals surface area contributed by atoms with Crippen molar-refractivity contribution in [2.45, 2.75) is 38.6 Å². The molecule has 0 rings (SSSR count). The molecular formula is C9H18N4O2. The molecule has 6 nitrogen and oxygen atoms in total. The summed E-state index contributed by atoms with van der Waals surface area (Å²) in [5.41, 5.74) is 7.17. The van der Waals surface area contributed by atoms with E-state index in [4.69, 9.17) is 10.6 Å². The third kappa shape index (κ3) is 5.24. The molecule has 0 aliphatic carbocycles. The largest absolute Gasteiger partial charge is 0.480 e. The average Bonchev–Trinajstić information content (AvgIpc) is 2.18. The first kappa shape index (κ1) is 13.7. The fourth-order valence-electron chi connectivity index (χ4n) is 1.33. The van der Waals surface area contributed by atoms with Crippen molar-refractivity contribution in [1.82, 2.24) is 5.32 Å². The summed E-state index contributed by atoms with van der Waals surface area (Å²) in [6.45, 7) is 4.56. The highest BCUT2D eigenvalue weighted by Crippen LogP contribution is 2.12. The molecule has 0 aliphatic rings. The zero-order valence-corrected chi connectivity index (χ0v) is 9.23. The molecule has 0 heterocycles. The maximum atomic E-state index is 11.0. The summed E-state index contributed by atoms with van der Waals surface area (Å²) in [4.78, 5) is 13.6. The molecule has 0 amide bonds. The highest BCUT2D eigenvalue weighted by Gasteiger charge is 2.30. The normalized spacial score (nSPS) is 14.0. The Morgan fingerprint density at radius 2 is 2.33 bits per heavy atom. The summed E-state index contributed by atoms with van der Waals surface area (Å²) in [6, 6.07) is 0. The Morgan fingerprint density at radius 1 is 1.67 bits per heavy atom. The zero-order valence-electron chi connectivity index (χ0n) is 9.23. The van der Waals surface area contributed by atoms with E-state index < -0.39 is 11.5 Å². The molecule has 0 saturated carbocycles. The fourth-order valence-corrected chi connectivity index (χ4v) is 1.33. The maximum Gasteiger partial charge on any atom is 0.323 e. The molecule has 6 heteroatoms. The summed E-state index contributed by atoms with van der Waals surface area (Å²) >= 11 is 0. The third-order valence-corrected chi connectivity index (χ3v) is 2.24. The monoisotopic (exact) mass is 214 g/mol. The zero-order chi connectivity index (χ0) is 11.7. The molecule has 0 aliphatic heterocycles. The minimum atomic E-state index is -0.870. The van der Waals surface area contributed by atoms with Gasteiger partial charge in [-0.3, -0.25) is 4.79 Å². The number of hydrogen-bond acceptors (Lipinski definition) is 3. The Morgan fingerprint density at radius 3 is 2.80 bits per heavy atom. The number of nitrogens with zero attached hydrogens (tertiary/aromatic N) is 3. The maximum absolute atomic E-state index is 11.0. The molecule has 1 atom stereocenters. The lowest BCUT2D eigenvalue weighted by molar-refractivity contribution is -0.144. The van der Waals surface area contributed by atoms with Gasteiger partial charge in [0.25, 0.3) is 0 Å². The lowest BCUT2D eigenvalue weighted by Crippen LogP contribution is -2.49. The summed E-state index contributed by atoms with van der Waals surface area (Å²) < 4.78 is 0. The van der Waals surface area contributed by atoms with Crippen LogP contribution in [-0.4, -0.2) is 29.7 Å². The summed E-state index contributed by atoms with van der Waals surface area (Å²) in [7, 11) is 0. The van der Waals surface area contributed by atoms with Crippen LogP contribution in [0.4, 0.5) is 0 Å². The van der Waals surface area contributed by atoms with Gasteiger partial charge in [0.2, 0.25) is 0 Å². The van der Waals surface area contributed by atoms with Crippen molar-refractivity contribution in [2.24, 2.45) is 5.11 Å². The van der Waals surface area contributed by atoms with Crippen LogP contribution in [0, 0.1) is 0 Å². The number of carboxylic acid groups (broad SMARTS) is 1. The van der Waals surface area contributed by atoms with Crippen molar-refractivity contribution in [3.8, 4) is 0 Å². The van der Waals surface area contributed by atoms with Gasteiger partial charge in [-0.25, -0.2) is 0 Å². The van der Waals surface area contributed by atoms with Crippen LogP contribution in [0.3, 0.4) is 0 Å². The molecule has 0 aromatic carbocycles. The van der Waals surface area contributed by atoms with Crippen LogP contribution in [-0.2, 0) is 4.79 Å². The quantitative estimate of drug-likeness (QED) is 0.279. The first-order chi connectivity index (χ1) is 7.06. The molecule has 0 bridgehead atoms. The molecule has 0 aromatic heterocycles. The number of carboxylic acids is 1. The standard InChI is InChI=1S/C9H18N4O2/c1-3-5-9(2,8(14)15)11-6-4-7-12-13-10/h11H,3-7H2,1-2H3,(H,14,15). The van der Waals surface area contributed by atoms with E-state index in [9.17, 15) is 4.79 Å². The Labute approximate surface area is 89.3 Å². The van der Waals surface area contributed by atoms with Gasteiger partial charge in [0.05, 0.1) is 0 Å². The van der Waals surface area contributed by atoms with Crippen LogP contribution in [0.1, 0.15) is 33.1 Å². The second-order valence-corrected chi connectivity index (χ2v) is 3.62. The van der Waals surface area contributed by atoms with Gasteiger partial charge in [-0.2, -0.15) is 0 Å². The summed E-state index contributed by atoms with van der Waals surface area (Å²) in [5, 5.41) is 15.4. The first-order valence-electron chi connectivity index (χ1n) is 5.06. The van der Waals surface area contributed by atoms with Gasteiger partial charge in [0.1, 0.15) is 5.54 Å². The Bertz CT molecular complexity index is 250.